The van der Waals surface area contributed by atoms with Gasteiger partial charge in [0.25, 0.3) is 5.91 Å². The number of pyridine rings is 1. The monoisotopic (exact) mass is 347 g/mol. The lowest BCUT2D eigenvalue weighted by atomic mass is 9.99. The Kier molecular flexibility index (Phi) is 4.69. The number of anilines is 1. The number of hydrogen-bond acceptors (Lipinski definition) is 4. The first-order valence-electron chi connectivity index (χ1n) is 8.93. The zero-order chi connectivity index (χ0) is 17.8. The van der Waals surface area contributed by atoms with Crippen LogP contribution in [-0.2, 0) is 6.42 Å². The molecule has 0 aliphatic carbocycles. The lowest BCUT2D eigenvalue weighted by Crippen LogP contribution is -2.29. The fraction of sp³-hybridized carbons (Fsp3) is 0.238. The van der Waals surface area contributed by atoms with Crippen molar-refractivity contribution in [3.05, 3.63) is 65.9 Å². The number of benzene rings is 2. The molecule has 0 spiro atoms. The molecule has 1 aliphatic rings. The standard InChI is InChI=1S/C21H21N3O2/c25-21(17-9-1-5-15-7-3-11-22-19(15)17)24-13-14-26-18-10-2-6-16-8-4-12-23-20(16)18/h1-2,4-6,8-10,12,22H,3,7,11,13-14H2,(H,24,25). The number of rotatable bonds is 5. The zero-order valence-electron chi connectivity index (χ0n) is 14.5. The quantitative estimate of drug-likeness (QED) is 0.695. The van der Waals surface area contributed by atoms with Gasteiger partial charge in [-0.3, -0.25) is 9.78 Å². The average molecular weight is 347 g/mol. The second-order valence-electron chi connectivity index (χ2n) is 6.31. The van der Waals surface area contributed by atoms with Crippen LogP contribution in [0.25, 0.3) is 10.9 Å². The number of carbonyl (C=O) groups excluding carboxylic acids is 1. The van der Waals surface area contributed by atoms with E-state index in [0.717, 1.165) is 41.7 Å². The highest BCUT2D eigenvalue weighted by Gasteiger charge is 2.16. The Morgan fingerprint density at radius 1 is 1.15 bits per heavy atom. The first-order valence-corrected chi connectivity index (χ1v) is 8.93. The van der Waals surface area contributed by atoms with Crippen molar-refractivity contribution in [3.63, 3.8) is 0 Å². The maximum absolute atomic E-state index is 12.5. The van der Waals surface area contributed by atoms with Crippen LogP contribution in [0, 0.1) is 0 Å². The van der Waals surface area contributed by atoms with Crippen molar-refractivity contribution in [1.29, 1.82) is 0 Å². The number of aryl methyl sites for hydroxylation is 1. The summed E-state index contributed by atoms with van der Waals surface area (Å²) in [6.45, 7) is 1.74. The Labute approximate surface area is 152 Å². The highest BCUT2D eigenvalue weighted by atomic mass is 16.5. The number of ether oxygens (including phenoxy) is 1. The van der Waals surface area contributed by atoms with Crippen LogP contribution >= 0.6 is 0 Å². The SMILES string of the molecule is O=C(NCCOc1cccc2cccnc12)c1cccc2c1NCCC2. The number of aromatic nitrogens is 1. The van der Waals surface area contributed by atoms with Gasteiger partial charge in [-0.2, -0.15) is 0 Å². The van der Waals surface area contributed by atoms with Crippen molar-refractivity contribution < 1.29 is 9.53 Å². The summed E-state index contributed by atoms with van der Waals surface area (Å²) in [4.78, 5) is 16.9. The highest BCUT2D eigenvalue weighted by Crippen LogP contribution is 2.26. The largest absolute Gasteiger partial charge is 0.489 e. The van der Waals surface area contributed by atoms with Gasteiger partial charge in [0.1, 0.15) is 17.9 Å². The fourth-order valence-corrected chi connectivity index (χ4v) is 3.31. The summed E-state index contributed by atoms with van der Waals surface area (Å²) in [6.07, 6.45) is 3.87. The molecule has 0 saturated heterocycles. The number of nitrogens with zero attached hydrogens (tertiary/aromatic N) is 1. The van der Waals surface area contributed by atoms with Gasteiger partial charge in [0.15, 0.2) is 0 Å². The topological polar surface area (TPSA) is 63.2 Å². The van der Waals surface area contributed by atoms with Crippen molar-refractivity contribution in [2.24, 2.45) is 0 Å². The van der Waals surface area contributed by atoms with E-state index in [9.17, 15) is 4.79 Å². The molecule has 0 bridgehead atoms. The number of hydrogen-bond donors (Lipinski definition) is 2. The summed E-state index contributed by atoms with van der Waals surface area (Å²) in [5, 5.41) is 7.33. The Bertz CT molecular complexity index is 934. The molecule has 0 unspecified atom stereocenters. The van der Waals surface area contributed by atoms with E-state index in [2.05, 4.69) is 21.7 Å². The first-order chi connectivity index (χ1) is 12.8. The van der Waals surface area contributed by atoms with Crippen molar-refractivity contribution in [2.75, 3.05) is 25.0 Å². The second kappa shape index (κ2) is 7.44. The van der Waals surface area contributed by atoms with Gasteiger partial charge in [-0.1, -0.05) is 30.3 Å². The molecule has 4 rings (SSSR count). The highest BCUT2D eigenvalue weighted by molar-refractivity contribution is 6.00. The van der Waals surface area contributed by atoms with Crippen LogP contribution in [0.1, 0.15) is 22.3 Å². The normalized spacial score (nSPS) is 12.9. The van der Waals surface area contributed by atoms with Crippen molar-refractivity contribution in [2.45, 2.75) is 12.8 Å². The van der Waals surface area contributed by atoms with Gasteiger partial charge in [0.2, 0.25) is 0 Å². The molecule has 1 aliphatic heterocycles. The fourth-order valence-electron chi connectivity index (χ4n) is 3.31. The maximum atomic E-state index is 12.5. The van der Waals surface area contributed by atoms with Crippen LogP contribution in [0.3, 0.4) is 0 Å². The third-order valence-corrected chi connectivity index (χ3v) is 4.56. The molecule has 3 aromatic rings. The molecule has 0 fully saturated rings. The number of fused-ring (bicyclic) bond motifs is 2. The van der Waals surface area contributed by atoms with E-state index < -0.39 is 0 Å². The lowest BCUT2D eigenvalue weighted by molar-refractivity contribution is 0.0948. The van der Waals surface area contributed by atoms with Crippen molar-refractivity contribution >= 4 is 22.5 Å². The summed E-state index contributed by atoms with van der Waals surface area (Å²) in [5.41, 5.74) is 3.72. The number of nitrogens with one attached hydrogen (secondary N) is 2. The van der Waals surface area contributed by atoms with Gasteiger partial charge in [0.05, 0.1) is 17.8 Å². The predicted molar refractivity (Wildman–Crippen MR) is 103 cm³/mol. The third-order valence-electron chi connectivity index (χ3n) is 4.56. The molecule has 2 N–H and O–H groups in total. The second-order valence-corrected chi connectivity index (χ2v) is 6.31. The van der Waals surface area contributed by atoms with Gasteiger partial charge in [-0.25, -0.2) is 0 Å². The molecule has 2 heterocycles. The molecule has 132 valence electrons. The van der Waals surface area contributed by atoms with Crippen molar-refractivity contribution in [3.8, 4) is 5.75 Å². The zero-order valence-corrected chi connectivity index (χ0v) is 14.5. The Hall–Kier alpha value is -3.08. The van der Waals surface area contributed by atoms with Gasteiger partial charge in [0, 0.05) is 18.1 Å². The first kappa shape index (κ1) is 16.4. The molecular weight excluding hydrogens is 326 g/mol. The predicted octanol–water partition coefficient (Wildman–Crippen LogP) is 3.40. The Morgan fingerprint density at radius 2 is 2.04 bits per heavy atom. The van der Waals surface area contributed by atoms with Crippen LogP contribution in [-0.4, -0.2) is 30.6 Å². The number of amides is 1. The van der Waals surface area contributed by atoms with Gasteiger partial charge < -0.3 is 15.4 Å². The summed E-state index contributed by atoms with van der Waals surface area (Å²) >= 11 is 0. The minimum atomic E-state index is -0.0732. The minimum Gasteiger partial charge on any atom is -0.489 e. The molecular formula is C21H21N3O2. The minimum absolute atomic E-state index is 0.0732. The van der Waals surface area contributed by atoms with Gasteiger partial charge >= 0.3 is 0 Å². The molecule has 5 nitrogen and oxygen atoms in total. The Balaban J connectivity index is 1.37. The van der Waals surface area contributed by atoms with Gasteiger partial charge in [-0.15, -0.1) is 0 Å². The molecule has 1 amide bonds. The molecule has 0 atom stereocenters. The van der Waals surface area contributed by atoms with Crippen LogP contribution in [0.2, 0.25) is 0 Å². The molecule has 2 aromatic carbocycles. The van der Waals surface area contributed by atoms with Crippen LogP contribution in [0.4, 0.5) is 5.69 Å². The van der Waals surface area contributed by atoms with Crippen molar-refractivity contribution in [1.82, 2.24) is 10.3 Å². The average Bonchev–Trinajstić information content (AvgIpc) is 2.70. The smallest absolute Gasteiger partial charge is 0.253 e. The molecule has 0 saturated carbocycles. The summed E-state index contributed by atoms with van der Waals surface area (Å²) in [5.74, 6) is 0.659. The van der Waals surface area contributed by atoms with Crippen LogP contribution in [0.5, 0.6) is 5.75 Å². The molecule has 1 aromatic heterocycles. The Morgan fingerprint density at radius 3 is 3.00 bits per heavy atom. The summed E-state index contributed by atoms with van der Waals surface area (Å²) < 4.78 is 5.83. The number of para-hydroxylation sites is 2. The number of carbonyl (C=O) groups is 1. The lowest BCUT2D eigenvalue weighted by Gasteiger charge is -2.20. The van der Waals surface area contributed by atoms with E-state index in [0.29, 0.717) is 18.7 Å². The molecule has 5 heteroatoms. The van der Waals surface area contributed by atoms with E-state index >= 15 is 0 Å². The van der Waals surface area contributed by atoms with Crippen LogP contribution in [0.15, 0.2) is 54.7 Å². The maximum Gasteiger partial charge on any atom is 0.253 e. The third kappa shape index (κ3) is 3.33. The van der Waals surface area contributed by atoms with E-state index in [1.54, 1.807) is 6.20 Å². The van der Waals surface area contributed by atoms with Gasteiger partial charge in [-0.05, 0) is 36.6 Å². The van der Waals surface area contributed by atoms with E-state index in [1.165, 1.54) is 5.56 Å². The summed E-state index contributed by atoms with van der Waals surface area (Å²) in [7, 11) is 0. The van der Waals surface area contributed by atoms with E-state index in [1.807, 2.05) is 42.5 Å². The summed E-state index contributed by atoms with van der Waals surface area (Å²) in [6, 6.07) is 15.6. The van der Waals surface area contributed by atoms with E-state index in [-0.39, 0.29) is 5.91 Å². The van der Waals surface area contributed by atoms with Crippen LogP contribution < -0.4 is 15.4 Å². The molecule has 0 radical (unpaired) electrons. The van der Waals surface area contributed by atoms with E-state index in [4.69, 9.17) is 4.74 Å². The molecule has 26 heavy (non-hydrogen) atoms.